The summed E-state index contributed by atoms with van der Waals surface area (Å²) in [5, 5.41) is 0. The average Bonchev–Trinajstić information content (AvgIpc) is 3.13. The number of imide groups is 1. The predicted molar refractivity (Wildman–Crippen MR) is 107 cm³/mol. The zero-order chi connectivity index (χ0) is 22.3. The summed E-state index contributed by atoms with van der Waals surface area (Å²) in [7, 11) is 0. The molecule has 1 N–H and O–H groups in total. The van der Waals surface area contributed by atoms with Crippen LogP contribution in [0.2, 0.25) is 0 Å². The van der Waals surface area contributed by atoms with E-state index < -0.39 is 35.7 Å². The van der Waals surface area contributed by atoms with E-state index in [-0.39, 0.29) is 22.6 Å². The molecule has 0 saturated carbocycles. The van der Waals surface area contributed by atoms with Crippen LogP contribution in [0.4, 0.5) is 0 Å². The molecule has 2 atom stereocenters. The van der Waals surface area contributed by atoms with Gasteiger partial charge in [0.1, 0.15) is 6.04 Å². The van der Waals surface area contributed by atoms with Gasteiger partial charge in [-0.05, 0) is 52.3 Å². The minimum Gasteiger partial charge on any atom is -0.453 e. The molecule has 30 heavy (non-hydrogen) atoms. The van der Waals surface area contributed by atoms with Crippen LogP contribution in [0, 0.1) is 13.8 Å². The Morgan fingerprint density at radius 2 is 1.53 bits per heavy atom. The van der Waals surface area contributed by atoms with E-state index in [9.17, 15) is 24.0 Å². The lowest BCUT2D eigenvalue weighted by atomic mass is 10.0. The van der Waals surface area contributed by atoms with E-state index in [1.54, 1.807) is 26.0 Å². The standard InChI is InChI=1S/C22H22N2O6/c1-10-17(13(4)25)11(2)23-18(10)19(26)14(5)30-22(29)12(3)24-20(27)15-8-6-7-9-16(15)21(24)28/h6-9,12,14,23H,1-5H3/t12-,14+/m1/s1. The Bertz CT molecular complexity index is 1060. The molecule has 8 nitrogen and oxygen atoms in total. The van der Waals surface area contributed by atoms with Crippen LogP contribution in [0.25, 0.3) is 0 Å². The molecule has 8 heteroatoms. The first-order valence-electron chi connectivity index (χ1n) is 9.48. The number of amides is 2. The number of aromatic amines is 1. The molecule has 2 aromatic rings. The maximum atomic E-state index is 12.8. The number of H-pyrrole nitrogens is 1. The fourth-order valence-electron chi connectivity index (χ4n) is 3.72. The molecule has 3 rings (SSSR count). The van der Waals surface area contributed by atoms with Crippen LogP contribution < -0.4 is 0 Å². The Kier molecular flexibility index (Phi) is 5.43. The van der Waals surface area contributed by atoms with Gasteiger partial charge in [0.2, 0.25) is 5.78 Å². The molecule has 0 aliphatic carbocycles. The van der Waals surface area contributed by atoms with Gasteiger partial charge in [0.25, 0.3) is 11.8 Å². The highest BCUT2D eigenvalue weighted by Gasteiger charge is 2.42. The monoisotopic (exact) mass is 410 g/mol. The van der Waals surface area contributed by atoms with Gasteiger partial charge in [0, 0.05) is 11.3 Å². The van der Waals surface area contributed by atoms with Crippen molar-refractivity contribution in [3.63, 3.8) is 0 Å². The smallest absolute Gasteiger partial charge is 0.329 e. The third-order valence-electron chi connectivity index (χ3n) is 5.25. The van der Waals surface area contributed by atoms with Crippen molar-refractivity contribution in [2.24, 2.45) is 0 Å². The maximum Gasteiger partial charge on any atom is 0.329 e. The summed E-state index contributed by atoms with van der Waals surface area (Å²) < 4.78 is 5.26. The Morgan fingerprint density at radius 3 is 2.00 bits per heavy atom. The predicted octanol–water partition coefficient (Wildman–Crippen LogP) is 2.63. The van der Waals surface area contributed by atoms with Crippen LogP contribution >= 0.6 is 0 Å². The molecule has 0 bridgehead atoms. The number of carbonyl (C=O) groups is 5. The third kappa shape index (κ3) is 3.34. The van der Waals surface area contributed by atoms with Crippen LogP contribution in [0.5, 0.6) is 0 Å². The number of Topliss-reactive ketones (excluding diaryl/α,β-unsaturated/α-hetero) is 2. The van der Waals surface area contributed by atoms with E-state index >= 15 is 0 Å². The van der Waals surface area contributed by atoms with Crippen LogP contribution in [-0.4, -0.2) is 51.4 Å². The van der Waals surface area contributed by atoms with Gasteiger partial charge in [0.15, 0.2) is 11.9 Å². The second-order valence-corrected chi connectivity index (χ2v) is 7.33. The number of hydrogen-bond acceptors (Lipinski definition) is 6. The number of aryl methyl sites for hydroxylation is 1. The van der Waals surface area contributed by atoms with E-state index in [4.69, 9.17) is 4.74 Å². The highest BCUT2D eigenvalue weighted by Crippen LogP contribution is 2.25. The Hall–Kier alpha value is -3.55. The normalized spacial score (nSPS) is 15.0. The van der Waals surface area contributed by atoms with E-state index in [0.29, 0.717) is 16.8 Å². The summed E-state index contributed by atoms with van der Waals surface area (Å²) in [4.78, 5) is 65.9. The molecule has 1 aromatic carbocycles. The highest BCUT2D eigenvalue weighted by atomic mass is 16.5. The number of esters is 1. The number of carbonyl (C=O) groups excluding carboxylic acids is 5. The number of nitrogens with zero attached hydrogens (tertiary/aromatic N) is 1. The zero-order valence-electron chi connectivity index (χ0n) is 17.4. The number of rotatable bonds is 6. The van der Waals surface area contributed by atoms with E-state index in [2.05, 4.69) is 4.98 Å². The second-order valence-electron chi connectivity index (χ2n) is 7.33. The average molecular weight is 410 g/mol. The number of benzene rings is 1. The molecular weight excluding hydrogens is 388 g/mol. The molecule has 0 radical (unpaired) electrons. The largest absolute Gasteiger partial charge is 0.453 e. The quantitative estimate of drug-likeness (QED) is 0.445. The van der Waals surface area contributed by atoms with E-state index in [1.165, 1.54) is 32.9 Å². The van der Waals surface area contributed by atoms with E-state index in [0.717, 1.165) is 4.90 Å². The van der Waals surface area contributed by atoms with Crippen molar-refractivity contribution < 1.29 is 28.7 Å². The van der Waals surface area contributed by atoms with Crippen LogP contribution in [0.3, 0.4) is 0 Å². The van der Waals surface area contributed by atoms with Crippen molar-refractivity contribution in [3.05, 3.63) is 57.9 Å². The lowest BCUT2D eigenvalue weighted by Gasteiger charge is -2.22. The van der Waals surface area contributed by atoms with Gasteiger partial charge in [-0.15, -0.1) is 0 Å². The van der Waals surface area contributed by atoms with Gasteiger partial charge in [-0.1, -0.05) is 12.1 Å². The molecule has 1 aromatic heterocycles. The summed E-state index contributed by atoms with van der Waals surface area (Å²) in [5.74, 6) is -2.73. The Balaban J connectivity index is 1.76. The SMILES string of the molecule is CC(=O)c1c(C)[nH]c(C(=O)[C@H](C)OC(=O)[C@@H](C)N2C(=O)c3ccccc3C2=O)c1C. The van der Waals surface area contributed by atoms with Crippen molar-refractivity contribution in [2.45, 2.75) is 46.8 Å². The molecule has 2 heterocycles. The van der Waals surface area contributed by atoms with Crippen LogP contribution in [0.15, 0.2) is 24.3 Å². The lowest BCUT2D eigenvalue weighted by molar-refractivity contribution is -0.150. The first-order valence-corrected chi connectivity index (χ1v) is 9.48. The van der Waals surface area contributed by atoms with Gasteiger partial charge in [-0.25, -0.2) is 4.79 Å². The highest BCUT2D eigenvalue weighted by molar-refractivity contribution is 6.22. The molecule has 0 saturated heterocycles. The number of ether oxygens (including phenoxy) is 1. The van der Waals surface area contributed by atoms with Gasteiger partial charge in [0.05, 0.1) is 16.8 Å². The third-order valence-corrected chi connectivity index (χ3v) is 5.25. The fourth-order valence-corrected chi connectivity index (χ4v) is 3.72. The number of aromatic nitrogens is 1. The minimum atomic E-state index is -1.20. The minimum absolute atomic E-state index is 0.177. The molecule has 156 valence electrons. The first-order chi connectivity index (χ1) is 14.1. The van der Waals surface area contributed by atoms with Crippen LogP contribution in [0.1, 0.15) is 73.6 Å². The second kappa shape index (κ2) is 7.70. The molecule has 1 aliphatic rings. The first kappa shape index (κ1) is 21.2. The summed E-state index contributed by atoms with van der Waals surface area (Å²) in [5.41, 5.74) is 2.10. The topological polar surface area (TPSA) is 114 Å². The van der Waals surface area contributed by atoms with Crippen molar-refractivity contribution in [1.29, 1.82) is 0 Å². The molecule has 0 fully saturated rings. The number of ketones is 2. The molecule has 2 amide bonds. The van der Waals surface area contributed by atoms with Gasteiger partial charge < -0.3 is 9.72 Å². The summed E-state index contributed by atoms with van der Waals surface area (Å²) in [6.45, 7) is 7.51. The zero-order valence-corrected chi connectivity index (χ0v) is 17.4. The summed E-state index contributed by atoms with van der Waals surface area (Å²) in [6, 6.07) is 5.10. The number of hydrogen-bond donors (Lipinski definition) is 1. The van der Waals surface area contributed by atoms with Crippen molar-refractivity contribution in [1.82, 2.24) is 9.88 Å². The van der Waals surface area contributed by atoms with Gasteiger partial charge >= 0.3 is 5.97 Å². The fraction of sp³-hybridized carbons (Fsp3) is 0.318. The number of fused-ring (bicyclic) bond motifs is 1. The lowest BCUT2D eigenvalue weighted by Crippen LogP contribution is -2.45. The number of nitrogens with one attached hydrogen (secondary N) is 1. The molecule has 1 aliphatic heterocycles. The Labute approximate surface area is 173 Å². The Morgan fingerprint density at radius 1 is 1.00 bits per heavy atom. The summed E-state index contributed by atoms with van der Waals surface area (Å²) >= 11 is 0. The maximum absolute atomic E-state index is 12.8. The van der Waals surface area contributed by atoms with Gasteiger partial charge in [-0.3, -0.25) is 24.1 Å². The van der Waals surface area contributed by atoms with Gasteiger partial charge in [-0.2, -0.15) is 0 Å². The molecule has 0 unspecified atom stereocenters. The van der Waals surface area contributed by atoms with E-state index in [1.807, 2.05) is 0 Å². The summed E-state index contributed by atoms with van der Waals surface area (Å²) in [6.07, 6.45) is -1.17. The van der Waals surface area contributed by atoms with Crippen molar-refractivity contribution in [2.75, 3.05) is 0 Å². The van der Waals surface area contributed by atoms with Crippen molar-refractivity contribution >= 4 is 29.4 Å². The van der Waals surface area contributed by atoms with Crippen molar-refractivity contribution in [3.8, 4) is 0 Å². The molecular formula is C22H22N2O6. The molecule has 0 spiro atoms. The van der Waals surface area contributed by atoms with Crippen LogP contribution in [-0.2, 0) is 9.53 Å².